The average molecular weight is 325 g/mol. The van der Waals surface area contributed by atoms with Crippen LogP contribution < -0.4 is 9.47 Å². The van der Waals surface area contributed by atoms with Gasteiger partial charge in [-0.3, -0.25) is 4.79 Å². The molecule has 0 atom stereocenters. The van der Waals surface area contributed by atoms with Crippen molar-refractivity contribution in [2.45, 2.75) is 0 Å². The monoisotopic (exact) mass is 325 g/mol. The molecule has 0 unspecified atom stereocenters. The zero-order chi connectivity index (χ0) is 17.4. The Bertz CT molecular complexity index is 708. The highest BCUT2D eigenvalue weighted by Crippen LogP contribution is 2.19. The standard InChI is InChI=1S/C20H23NO3/c1-21(2)13-14-24-17-8-6-7-16(15-17)11-12-19(22)18-9-4-5-10-20(18)23-3/h4-12,15H,13-14H2,1-3H3. The van der Waals surface area contributed by atoms with Crippen molar-refractivity contribution in [2.24, 2.45) is 0 Å². The molecule has 0 aliphatic rings. The lowest BCUT2D eigenvalue weighted by molar-refractivity contribution is 0.104. The molecule has 0 heterocycles. The van der Waals surface area contributed by atoms with Gasteiger partial charge in [-0.25, -0.2) is 0 Å². The molecule has 0 N–H and O–H groups in total. The van der Waals surface area contributed by atoms with Crippen molar-refractivity contribution in [2.75, 3.05) is 34.4 Å². The Hall–Kier alpha value is -2.59. The molecule has 0 saturated heterocycles. The van der Waals surface area contributed by atoms with Gasteiger partial charge in [0, 0.05) is 6.54 Å². The van der Waals surface area contributed by atoms with Gasteiger partial charge in [-0.15, -0.1) is 0 Å². The van der Waals surface area contributed by atoms with Gasteiger partial charge in [-0.05, 0) is 50.0 Å². The summed E-state index contributed by atoms with van der Waals surface area (Å²) in [5, 5.41) is 0. The molecule has 0 amide bonds. The highest BCUT2D eigenvalue weighted by molar-refractivity contribution is 6.08. The Morgan fingerprint density at radius 3 is 2.67 bits per heavy atom. The fourth-order valence-electron chi connectivity index (χ4n) is 2.16. The molecule has 2 aromatic carbocycles. The third kappa shape index (κ3) is 5.25. The maximum atomic E-state index is 12.3. The van der Waals surface area contributed by atoms with Crippen molar-refractivity contribution in [3.8, 4) is 11.5 Å². The van der Waals surface area contributed by atoms with Crippen molar-refractivity contribution < 1.29 is 14.3 Å². The van der Waals surface area contributed by atoms with Gasteiger partial charge in [0.05, 0.1) is 12.7 Å². The number of methoxy groups -OCH3 is 1. The van der Waals surface area contributed by atoms with Crippen molar-refractivity contribution in [3.63, 3.8) is 0 Å². The molecule has 2 aromatic rings. The molecule has 0 spiro atoms. The normalized spacial score (nSPS) is 11.0. The number of hydrogen-bond donors (Lipinski definition) is 0. The van der Waals surface area contributed by atoms with E-state index in [1.54, 1.807) is 31.4 Å². The van der Waals surface area contributed by atoms with Crippen LogP contribution in [0.2, 0.25) is 0 Å². The molecule has 4 nitrogen and oxygen atoms in total. The molecule has 2 rings (SSSR count). The van der Waals surface area contributed by atoms with Gasteiger partial charge in [0.15, 0.2) is 5.78 Å². The molecule has 0 aromatic heterocycles. The summed E-state index contributed by atoms with van der Waals surface area (Å²) in [7, 11) is 5.57. The van der Waals surface area contributed by atoms with Crippen LogP contribution in [0.5, 0.6) is 11.5 Å². The van der Waals surface area contributed by atoms with Gasteiger partial charge in [-0.2, -0.15) is 0 Å². The number of hydrogen-bond acceptors (Lipinski definition) is 4. The second-order valence-corrected chi connectivity index (χ2v) is 5.62. The number of carbonyl (C=O) groups is 1. The Morgan fingerprint density at radius 2 is 1.92 bits per heavy atom. The zero-order valence-electron chi connectivity index (χ0n) is 14.4. The molecule has 126 valence electrons. The number of rotatable bonds is 8. The highest BCUT2D eigenvalue weighted by Gasteiger charge is 2.08. The third-order valence-corrected chi connectivity index (χ3v) is 3.46. The van der Waals surface area contributed by atoms with E-state index in [-0.39, 0.29) is 5.78 Å². The van der Waals surface area contributed by atoms with Gasteiger partial charge in [0.1, 0.15) is 18.1 Å². The summed E-state index contributed by atoms with van der Waals surface area (Å²) in [6.45, 7) is 1.48. The molecule has 0 bridgehead atoms. The minimum absolute atomic E-state index is 0.0913. The predicted octanol–water partition coefficient (Wildman–Crippen LogP) is 3.53. The van der Waals surface area contributed by atoms with Gasteiger partial charge >= 0.3 is 0 Å². The molecular formula is C20H23NO3. The first-order valence-electron chi connectivity index (χ1n) is 7.83. The fraction of sp³-hybridized carbons (Fsp3) is 0.250. The second kappa shape index (κ2) is 8.89. The first-order valence-corrected chi connectivity index (χ1v) is 7.83. The van der Waals surface area contributed by atoms with Crippen LogP contribution in [-0.2, 0) is 0 Å². The number of ketones is 1. The Kier molecular flexibility index (Phi) is 6.58. The van der Waals surface area contributed by atoms with Gasteiger partial charge in [0.25, 0.3) is 0 Å². The minimum atomic E-state index is -0.0913. The van der Waals surface area contributed by atoms with Crippen LogP contribution in [0, 0.1) is 0 Å². The number of likely N-dealkylation sites (N-methyl/N-ethyl adjacent to an activating group) is 1. The van der Waals surface area contributed by atoms with E-state index in [0.29, 0.717) is 17.9 Å². The van der Waals surface area contributed by atoms with E-state index in [1.807, 2.05) is 50.5 Å². The maximum absolute atomic E-state index is 12.3. The summed E-state index contributed by atoms with van der Waals surface area (Å²) in [6.07, 6.45) is 3.34. The van der Waals surface area contributed by atoms with E-state index in [2.05, 4.69) is 4.90 Å². The number of para-hydroxylation sites is 1. The van der Waals surface area contributed by atoms with Crippen LogP contribution in [0.1, 0.15) is 15.9 Å². The Morgan fingerprint density at radius 1 is 1.12 bits per heavy atom. The SMILES string of the molecule is COc1ccccc1C(=O)C=Cc1cccc(OCCN(C)C)c1. The smallest absolute Gasteiger partial charge is 0.189 e. The first-order chi connectivity index (χ1) is 11.6. The zero-order valence-corrected chi connectivity index (χ0v) is 14.4. The van der Waals surface area contributed by atoms with Crippen molar-refractivity contribution in [3.05, 3.63) is 65.7 Å². The van der Waals surface area contributed by atoms with Crippen LogP contribution in [-0.4, -0.2) is 45.0 Å². The predicted molar refractivity (Wildman–Crippen MR) is 96.8 cm³/mol. The Balaban J connectivity index is 2.04. The number of ether oxygens (including phenoxy) is 2. The van der Waals surface area contributed by atoms with Gasteiger partial charge in [0.2, 0.25) is 0 Å². The highest BCUT2D eigenvalue weighted by atomic mass is 16.5. The van der Waals surface area contributed by atoms with Crippen LogP contribution in [0.4, 0.5) is 0 Å². The largest absolute Gasteiger partial charge is 0.496 e. The lowest BCUT2D eigenvalue weighted by Crippen LogP contribution is -2.19. The number of benzene rings is 2. The van der Waals surface area contributed by atoms with E-state index in [0.717, 1.165) is 17.9 Å². The molecular weight excluding hydrogens is 302 g/mol. The molecule has 0 aliphatic carbocycles. The van der Waals surface area contributed by atoms with Crippen LogP contribution in [0.15, 0.2) is 54.6 Å². The molecule has 0 fully saturated rings. The van der Waals surface area contributed by atoms with E-state index in [4.69, 9.17) is 9.47 Å². The lowest BCUT2D eigenvalue weighted by Gasteiger charge is -2.11. The number of carbonyl (C=O) groups excluding carboxylic acids is 1. The van der Waals surface area contributed by atoms with Crippen molar-refractivity contribution >= 4 is 11.9 Å². The first kappa shape index (κ1) is 17.8. The summed E-state index contributed by atoms with van der Waals surface area (Å²) in [5.74, 6) is 1.28. The second-order valence-electron chi connectivity index (χ2n) is 5.62. The topological polar surface area (TPSA) is 38.8 Å². The maximum Gasteiger partial charge on any atom is 0.189 e. The van der Waals surface area contributed by atoms with Gasteiger partial charge in [-0.1, -0.05) is 30.3 Å². The van der Waals surface area contributed by atoms with Crippen molar-refractivity contribution in [1.82, 2.24) is 4.90 Å². The molecule has 0 aliphatic heterocycles. The van der Waals surface area contributed by atoms with Crippen LogP contribution in [0.3, 0.4) is 0 Å². The van der Waals surface area contributed by atoms with Gasteiger partial charge < -0.3 is 14.4 Å². The van der Waals surface area contributed by atoms with E-state index < -0.39 is 0 Å². The Labute approximate surface area is 143 Å². The summed E-state index contributed by atoms with van der Waals surface area (Å²) >= 11 is 0. The lowest BCUT2D eigenvalue weighted by atomic mass is 10.1. The molecule has 0 radical (unpaired) electrons. The number of allylic oxidation sites excluding steroid dienone is 1. The fourth-order valence-corrected chi connectivity index (χ4v) is 2.16. The summed E-state index contributed by atoms with van der Waals surface area (Å²) in [6, 6.07) is 14.9. The molecule has 0 saturated carbocycles. The van der Waals surface area contributed by atoms with E-state index >= 15 is 0 Å². The summed E-state index contributed by atoms with van der Waals surface area (Å²) in [4.78, 5) is 14.4. The number of nitrogens with zero attached hydrogens (tertiary/aromatic N) is 1. The summed E-state index contributed by atoms with van der Waals surface area (Å²) in [5.41, 5.74) is 1.47. The molecule has 4 heteroatoms. The van der Waals surface area contributed by atoms with E-state index in [9.17, 15) is 4.79 Å². The summed E-state index contributed by atoms with van der Waals surface area (Å²) < 4.78 is 10.9. The van der Waals surface area contributed by atoms with E-state index in [1.165, 1.54) is 0 Å². The third-order valence-electron chi connectivity index (χ3n) is 3.46. The minimum Gasteiger partial charge on any atom is -0.496 e. The quantitative estimate of drug-likeness (QED) is 0.550. The molecule has 24 heavy (non-hydrogen) atoms. The van der Waals surface area contributed by atoms with Crippen molar-refractivity contribution in [1.29, 1.82) is 0 Å². The average Bonchev–Trinajstić information content (AvgIpc) is 2.59. The van der Waals surface area contributed by atoms with Crippen LogP contribution >= 0.6 is 0 Å². The van der Waals surface area contributed by atoms with Crippen LogP contribution in [0.25, 0.3) is 6.08 Å².